The van der Waals surface area contributed by atoms with Crippen LogP contribution in [0.15, 0.2) is 41.8 Å². The number of carbonyl (C=O) groups is 1. The number of thiazole rings is 1. The molecule has 2 heterocycles. The molecular formula is C19H23N3OS. The normalized spacial score (nSPS) is 16.5. The van der Waals surface area contributed by atoms with Crippen LogP contribution in [0, 0.1) is 6.92 Å². The summed E-state index contributed by atoms with van der Waals surface area (Å²) in [6.07, 6.45) is 5.81. The number of hydrogen-bond acceptors (Lipinski definition) is 4. The summed E-state index contributed by atoms with van der Waals surface area (Å²) in [5.41, 5.74) is 2.10. The van der Waals surface area contributed by atoms with Crippen LogP contribution in [-0.4, -0.2) is 35.4 Å². The fourth-order valence-corrected chi connectivity index (χ4v) is 3.64. The quantitative estimate of drug-likeness (QED) is 0.819. The van der Waals surface area contributed by atoms with Crippen LogP contribution >= 0.6 is 11.3 Å². The second-order valence-electron chi connectivity index (χ2n) is 6.04. The molecule has 1 aliphatic rings. The van der Waals surface area contributed by atoms with Gasteiger partial charge in [-0.1, -0.05) is 30.3 Å². The van der Waals surface area contributed by atoms with Crippen molar-refractivity contribution in [3.63, 3.8) is 0 Å². The molecule has 24 heavy (non-hydrogen) atoms. The van der Waals surface area contributed by atoms with E-state index in [0.29, 0.717) is 6.54 Å². The Morgan fingerprint density at radius 2 is 2.08 bits per heavy atom. The highest BCUT2D eigenvalue weighted by Crippen LogP contribution is 2.24. The Morgan fingerprint density at radius 3 is 2.75 bits per heavy atom. The summed E-state index contributed by atoms with van der Waals surface area (Å²) in [5, 5.41) is 6.01. The fourth-order valence-electron chi connectivity index (χ4n) is 3.06. The fraction of sp³-hybridized carbons (Fsp3) is 0.368. The van der Waals surface area contributed by atoms with Gasteiger partial charge in [-0.05, 0) is 44.5 Å². The average Bonchev–Trinajstić information content (AvgIpc) is 3.26. The first kappa shape index (κ1) is 16.9. The van der Waals surface area contributed by atoms with Crippen LogP contribution in [0.25, 0.3) is 6.08 Å². The molecule has 5 heteroatoms. The van der Waals surface area contributed by atoms with E-state index in [4.69, 9.17) is 0 Å². The monoisotopic (exact) mass is 341 g/mol. The Balaban J connectivity index is 1.60. The number of carbonyl (C=O) groups excluding carboxylic acids is 1. The molecule has 0 radical (unpaired) electrons. The third-order valence-electron chi connectivity index (χ3n) is 4.28. The van der Waals surface area contributed by atoms with Crippen molar-refractivity contribution in [2.45, 2.75) is 25.8 Å². The van der Waals surface area contributed by atoms with Crippen LogP contribution in [0.1, 0.15) is 35.1 Å². The molecule has 0 bridgehead atoms. The van der Waals surface area contributed by atoms with Crippen LogP contribution < -0.4 is 5.32 Å². The molecule has 1 N–H and O–H groups in total. The van der Waals surface area contributed by atoms with Crippen molar-refractivity contribution in [2.75, 3.05) is 19.6 Å². The maximum Gasteiger partial charge on any atom is 0.244 e. The molecule has 1 aromatic heterocycles. The highest BCUT2D eigenvalue weighted by atomic mass is 32.1. The van der Waals surface area contributed by atoms with Gasteiger partial charge in [0.2, 0.25) is 5.91 Å². The molecule has 1 saturated heterocycles. The number of rotatable bonds is 6. The number of nitrogens with one attached hydrogen (secondary N) is 1. The summed E-state index contributed by atoms with van der Waals surface area (Å²) in [4.78, 5) is 18.9. The van der Waals surface area contributed by atoms with E-state index in [9.17, 15) is 4.79 Å². The van der Waals surface area contributed by atoms with Crippen LogP contribution in [0.2, 0.25) is 0 Å². The Morgan fingerprint density at radius 1 is 1.33 bits per heavy atom. The van der Waals surface area contributed by atoms with Crippen molar-refractivity contribution >= 4 is 23.3 Å². The van der Waals surface area contributed by atoms with Gasteiger partial charge in [0, 0.05) is 18.0 Å². The molecule has 3 rings (SSSR count). The third kappa shape index (κ3) is 4.52. The molecule has 1 atom stereocenters. The number of nitrogens with zero attached hydrogens (tertiary/aromatic N) is 2. The Kier molecular flexibility index (Phi) is 5.77. The van der Waals surface area contributed by atoms with E-state index in [0.717, 1.165) is 23.8 Å². The zero-order chi connectivity index (χ0) is 16.8. The number of aryl methyl sites for hydroxylation is 1. The molecule has 0 spiro atoms. The zero-order valence-corrected chi connectivity index (χ0v) is 14.8. The van der Waals surface area contributed by atoms with Gasteiger partial charge < -0.3 is 5.32 Å². The summed E-state index contributed by atoms with van der Waals surface area (Å²) in [7, 11) is 0. The van der Waals surface area contributed by atoms with Gasteiger partial charge in [-0.3, -0.25) is 9.69 Å². The molecule has 1 amide bonds. The number of amides is 1. The molecule has 2 aromatic rings. The van der Waals surface area contributed by atoms with Crippen molar-refractivity contribution in [1.82, 2.24) is 15.2 Å². The van der Waals surface area contributed by atoms with Crippen molar-refractivity contribution in [3.05, 3.63) is 58.1 Å². The summed E-state index contributed by atoms with van der Waals surface area (Å²) in [6.45, 7) is 4.79. The highest BCUT2D eigenvalue weighted by Gasteiger charge is 2.23. The van der Waals surface area contributed by atoms with E-state index in [-0.39, 0.29) is 11.9 Å². The lowest BCUT2D eigenvalue weighted by Gasteiger charge is -2.28. The average molecular weight is 341 g/mol. The van der Waals surface area contributed by atoms with Crippen LogP contribution in [0.4, 0.5) is 0 Å². The first-order chi connectivity index (χ1) is 11.7. The molecule has 1 unspecified atom stereocenters. The Labute approximate surface area is 147 Å². The topological polar surface area (TPSA) is 45.2 Å². The van der Waals surface area contributed by atoms with Gasteiger partial charge in [0.15, 0.2) is 0 Å². The number of hydrogen-bond donors (Lipinski definition) is 1. The SMILES string of the molecule is Cc1nc(/C=C/C(=O)NCC(c2ccccc2)N2CCCC2)cs1. The molecular weight excluding hydrogens is 318 g/mol. The summed E-state index contributed by atoms with van der Waals surface area (Å²) < 4.78 is 0. The minimum Gasteiger partial charge on any atom is -0.351 e. The van der Waals surface area contributed by atoms with Crippen LogP contribution in [-0.2, 0) is 4.79 Å². The second-order valence-corrected chi connectivity index (χ2v) is 7.10. The number of benzene rings is 1. The van der Waals surface area contributed by atoms with Gasteiger partial charge in [0.25, 0.3) is 0 Å². The second kappa shape index (κ2) is 8.22. The van der Waals surface area contributed by atoms with Crippen molar-refractivity contribution < 1.29 is 4.79 Å². The van der Waals surface area contributed by atoms with E-state index in [1.165, 1.54) is 18.4 Å². The predicted octanol–water partition coefficient (Wildman–Crippen LogP) is 3.42. The Hall–Kier alpha value is -1.98. The molecule has 126 valence electrons. The van der Waals surface area contributed by atoms with Crippen molar-refractivity contribution in [3.8, 4) is 0 Å². The summed E-state index contributed by atoms with van der Waals surface area (Å²) >= 11 is 1.59. The summed E-state index contributed by atoms with van der Waals surface area (Å²) in [5.74, 6) is -0.0687. The standard InChI is InChI=1S/C19H23N3OS/c1-15-21-17(14-24-15)9-10-19(23)20-13-18(22-11-5-6-12-22)16-7-3-2-4-8-16/h2-4,7-10,14,18H,5-6,11-13H2,1H3,(H,20,23)/b10-9+. The molecule has 1 aromatic carbocycles. The van der Waals surface area contributed by atoms with Gasteiger partial charge >= 0.3 is 0 Å². The number of aromatic nitrogens is 1. The number of likely N-dealkylation sites (tertiary alicyclic amines) is 1. The summed E-state index contributed by atoms with van der Waals surface area (Å²) in [6, 6.07) is 10.7. The van der Waals surface area contributed by atoms with Gasteiger partial charge in [-0.25, -0.2) is 4.98 Å². The lowest BCUT2D eigenvalue weighted by Crippen LogP contribution is -2.36. The molecule has 1 aliphatic heterocycles. The molecule has 4 nitrogen and oxygen atoms in total. The van der Waals surface area contributed by atoms with Gasteiger partial charge in [0.1, 0.15) is 0 Å². The van der Waals surface area contributed by atoms with E-state index in [1.54, 1.807) is 23.5 Å². The van der Waals surface area contributed by atoms with Crippen LogP contribution in [0.3, 0.4) is 0 Å². The van der Waals surface area contributed by atoms with Crippen molar-refractivity contribution in [1.29, 1.82) is 0 Å². The van der Waals surface area contributed by atoms with E-state index < -0.39 is 0 Å². The zero-order valence-electron chi connectivity index (χ0n) is 13.9. The van der Waals surface area contributed by atoms with Crippen LogP contribution in [0.5, 0.6) is 0 Å². The van der Waals surface area contributed by atoms with E-state index in [2.05, 4.69) is 39.5 Å². The highest BCUT2D eigenvalue weighted by molar-refractivity contribution is 7.09. The molecule has 0 aliphatic carbocycles. The lowest BCUT2D eigenvalue weighted by atomic mass is 10.1. The molecule has 0 saturated carbocycles. The first-order valence-electron chi connectivity index (χ1n) is 8.39. The van der Waals surface area contributed by atoms with Gasteiger partial charge in [0.05, 0.1) is 16.7 Å². The third-order valence-corrected chi connectivity index (χ3v) is 5.07. The van der Waals surface area contributed by atoms with Gasteiger partial charge in [-0.15, -0.1) is 11.3 Å². The van der Waals surface area contributed by atoms with Crippen molar-refractivity contribution in [2.24, 2.45) is 0 Å². The smallest absolute Gasteiger partial charge is 0.244 e. The minimum atomic E-state index is -0.0687. The molecule has 1 fully saturated rings. The minimum absolute atomic E-state index is 0.0687. The Bertz CT molecular complexity index is 690. The maximum atomic E-state index is 12.1. The first-order valence-corrected chi connectivity index (χ1v) is 9.27. The maximum absolute atomic E-state index is 12.1. The largest absolute Gasteiger partial charge is 0.351 e. The predicted molar refractivity (Wildman–Crippen MR) is 98.9 cm³/mol. The lowest BCUT2D eigenvalue weighted by molar-refractivity contribution is -0.116. The van der Waals surface area contributed by atoms with E-state index >= 15 is 0 Å². The van der Waals surface area contributed by atoms with E-state index in [1.807, 2.05) is 18.4 Å². The van der Waals surface area contributed by atoms with Gasteiger partial charge in [-0.2, -0.15) is 0 Å².